The van der Waals surface area contributed by atoms with Crippen LogP contribution in [0.25, 0.3) is 0 Å². The largest absolute Gasteiger partial charge is 0.355 e. The zero-order valence-electron chi connectivity index (χ0n) is 15.8. The average Bonchev–Trinajstić information content (AvgIpc) is 3.27. The molecular weight excluding hydrogens is 315 g/mol. The van der Waals surface area contributed by atoms with Gasteiger partial charge in [0.2, 0.25) is 0 Å². The van der Waals surface area contributed by atoms with Crippen LogP contribution >= 0.6 is 0 Å². The van der Waals surface area contributed by atoms with Crippen molar-refractivity contribution in [3.05, 3.63) is 35.6 Å². The summed E-state index contributed by atoms with van der Waals surface area (Å²) in [6, 6.07) is 7.68. The summed E-state index contributed by atoms with van der Waals surface area (Å²) in [6.45, 7) is 9.58. The predicted molar refractivity (Wildman–Crippen MR) is 102 cm³/mol. The number of aliphatic imine (C=N–C) groups is 1. The van der Waals surface area contributed by atoms with Crippen molar-refractivity contribution in [2.45, 2.75) is 44.6 Å². The lowest BCUT2D eigenvalue weighted by molar-refractivity contribution is 0.223. The van der Waals surface area contributed by atoms with Crippen molar-refractivity contribution in [1.29, 1.82) is 0 Å². The van der Waals surface area contributed by atoms with Crippen molar-refractivity contribution in [3.8, 4) is 0 Å². The summed E-state index contributed by atoms with van der Waals surface area (Å²) in [6.07, 6.45) is 3.42. The Balaban J connectivity index is 1.59. The van der Waals surface area contributed by atoms with Crippen LogP contribution in [0, 0.1) is 5.82 Å². The summed E-state index contributed by atoms with van der Waals surface area (Å²) >= 11 is 0. The molecule has 1 aliphatic carbocycles. The molecule has 1 aromatic rings. The fourth-order valence-corrected chi connectivity index (χ4v) is 4.09. The van der Waals surface area contributed by atoms with E-state index in [4.69, 9.17) is 0 Å². The predicted octanol–water partition coefficient (Wildman–Crippen LogP) is 2.85. The van der Waals surface area contributed by atoms with Crippen LogP contribution in [0.3, 0.4) is 0 Å². The van der Waals surface area contributed by atoms with E-state index in [0.29, 0.717) is 6.04 Å². The van der Waals surface area contributed by atoms with Crippen molar-refractivity contribution < 1.29 is 4.39 Å². The third-order valence-corrected chi connectivity index (χ3v) is 5.88. The first-order chi connectivity index (χ1) is 12.1. The van der Waals surface area contributed by atoms with Gasteiger partial charge in [-0.05, 0) is 50.0 Å². The lowest BCUT2D eigenvalue weighted by Gasteiger charge is -2.28. The van der Waals surface area contributed by atoms with Crippen molar-refractivity contribution in [3.63, 3.8) is 0 Å². The van der Waals surface area contributed by atoms with E-state index in [2.05, 4.69) is 34.0 Å². The summed E-state index contributed by atoms with van der Waals surface area (Å²) in [7, 11) is 1.86. The van der Waals surface area contributed by atoms with Gasteiger partial charge in [0.05, 0.1) is 0 Å². The molecule has 0 aromatic heterocycles. The first-order valence-electron chi connectivity index (χ1n) is 9.57. The van der Waals surface area contributed by atoms with E-state index in [9.17, 15) is 4.39 Å². The molecule has 2 fully saturated rings. The molecule has 1 N–H and O–H groups in total. The van der Waals surface area contributed by atoms with Crippen molar-refractivity contribution in [1.82, 2.24) is 15.1 Å². The number of hydrogen-bond donors (Lipinski definition) is 1. The number of likely N-dealkylation sites (tertiary alicyclic amines) is 1. The molecule has 0 bridgehead atoms. The number of nitrogens with one attached hydrogen (secondary N) is 1. The lowest BCUT2D eigenvalue weighted by Crippen LogP contribution is -2.45. The Morgan fingerprint density at radius 3 is 2.72 bits per heavy atom. The molecule has 4 nitrogen and oxygen atoms in total. The van der Waals surface area contributed by atoms with Crippen LogP contribution in [0.5, 0.6) is 0 Å². The minimum atomic E-state index is -0.144. The van der Waals surface area contributed by atoms with Crippen LogP contribution in [0.2, 0.25) is 0 Å². The maximum absolute atomic E-state index is 13.6. The minimum Gasteiger partial charge on any atom is -0.355 e. The van der Waals surface area contributed by atoms with E-state index in [1.165, 1.54) is 12.5 Å². The molecule has 5 heteroatoms. The van der Waals surface area contributed by atoms with Crippen molar-refractivity contribution in [2.75, 3.05) is 39.8 Å². The van der Waals surface area contributed by atoms with Gasteiger partial charge in [-0.15, -0.1) is 0 Å². The number of rotatable bonds is 6. The van der Waals surface area contributed by atoms with Gasteiger partial charge in [0.1, 0.15) is 5.82 Å². The first kappa shape index (κ1) is 18.2. The Labute approximate surface area is 151 Å². The lowest BCUT2D eigenvalue weighted by atomic mass is 9.96. The Kier molecular flexibility index (Phi) is 5.62. The number of hydrogen-bond acceptors (Lipinski definition) is 2. The first-order valence-corrected chi connectivity index (χ1v) is 9.57. The smallest absolute Gasteiger partial charge is 0.193 e. The zero-order chi connectivity index (χ0) is 17.9. The highest BCUT2D eigenvalue weighted by Gasteiger charge is 2.44. The second kappa shape index (κ2) is 7.73. The number of likely N-dealkylation sites (N-methyl/N-ethyl adjacent to an activating group) is 1. The highest BCUT2D eigenvalue weighted by atomic mass is 19.1. The molecule has 2 aliphatic rings. The van der Waals surface area contributed by atoms with Crippen LogP contribution in [-0.2, 0) is 5.41 Å². The van der Waals surface area contributed by atoms with Gasteiger partial charge < -0.3 is 10.2 Å². The fraction of sp³-hybridized carbons (Fsp3) is 0.650. The molecule has 1 atom stereocenters. The molecule has 0 amide bonds. The fourth-order valence-electron chi connectivity index (χ4n) is 4.09. The van der Waals surface area contributed by atoms with Gasteiger partial charge in [0, 0.05) is 38.1 Å². The highest BCUT2D eigenvalue weighted by Crippen LogP contribution is 2.47. The molecule has 25 heavy (non-hydrogen) atoms. The second-order valence-corrected chi connectivity index (χ2v) is 7.30. The molecule has 0 spiro atoms. The Morgan fingerprint density at radius 2 is 2.12 bits per heavy atom. The molecule has 1 heterocycles. The topological polar surface area (TPSA) is 30.9 Å². The molecular formula is C20H31FN4. The van der Waals surface area contributed by atoms with Gasteiger partial charge >= 0.3 is 0 Å². The highest BCUT2D eigenvalue weighted by molar-refractivity contribution is 5.80. The molecule has 1 aliphatic heterocycles. The van der Waals surface area contributed by atoms with Crippen LogP contribution in [0.15, 0.2) is 29.3 Å². The SMILES string of the molecule is CCN(CC)C1CCN(C(=NC)NCC2(c3cccc(F)c3)CC2)C1. The van der Waals surface area contributed by atoms with E-state index in [-0.39, 0.29) is 11.2 Å². The Morgan fingerprint density at radius 1 is 1.36 bits per heavy atom. The molecule has 138 valence electrons. The van der Waals surface area contributed by atoms with E-state index in [1.807, 2.05) is 19.2 Å². The normalized spacial score (nSPS) is 22.5. The van der Waals surface area contributed by atoms with Crippen LogP contribution in [0.4, 0.5) is 4.39 Å². The van der Waals surface area contributed by atoms with E-state index < -0.39 is 0 Å². The molecule has 0 radical (unpaired) electrons. The number of nitrogens with zero attached hydrogens (tertiary/aromatic N) is 3. The zero-order valence-corrected chi connectivity index (χ0v) is 15.8. The maximum Gasteiger partial charge on any atom is 0.193 e. The van der Waals surface area contributed by atoms with Gasteiger partial charge in [0.15, 0.2) is 5.96 Å². The quantitative estimate of drug-likeness (QED) is 0.635. The van der Waals surface area contributed by atoms with E-state index in [1.54, 1.807) is 6.07 Å². The summed E-state index contributed by atoms with van der Waals surface area (Å²) in [5.41, 5.74) is 1.19. The molecule has 3 rings (SSSR count). The summed E-state index contributed by atoms with van der Waals surface area (Å²) < 4.78 is 13.6. The monoisotopic (exact) mass is 346 g/mol. The van der Waals surface area contributed by atoms with Gasteiger partial charge in [-0.3, -0.25) is 9.89 Å². The molecule has 1 saturated heterocycles. The van der Waals surface area contributed by atoms with Crippen LogP contribution in [0.1, 0.15) is 38.7 Å². The summed E-state index contributed by atoms with van der Waals surface area (Å²) in [5.74, 6) is 0.840. The minimum absolute atomic E-state index is 0.0794. The van der Waals surface area contributed by atoms with Crippen molar-refractivity contribution >= 4 is 5.96 Å². The van der Waals surface area contributed by atoms with Gasteiger partial charge in [-0.2, -0.15) is 0 Å². The van der Waals surface area contributed by atoms with Gasteiger partial charge in [0.25, 0.3) is 0 Å². The van der Waals surface area contributed by atoms with Crippen molar-refractivity contribution in [2.24, 2.45) is 4.99 Å². The standard InChI is InChI=1S/C20H31FN4/c1-4-24(5-2)18-9-12-25(14-18)19(22-3)23-15-20(10-11-20)16-7-6-8-17(21)13-16/h6-8,13,18H,4-5,9-12,14-15H2,1-3H3,(H,22,23). The molecule has 1 unspecified atom stereocenters. The molecule has 1 aromatic carbocycles. The average molecular weight is 346 g/mol. The summed E-state index contributed by atoms with van der Waals surface area (Å²) in [5, 5.41) is 3.56. The van der Waals surface area contributed by atoms with Gasteiger partial charge in [-0.1, -0.05) is 26.0 Å². The number of halogens is 1. The number of guanidine groups is 1. The maximum atomic E-state index is 13.6. The summed E-state index contributed by atoms with van der Waals surface area (Å²) in [4.78, 5) is 9.39. The Bertz CT molecular complexity index is 607. The Hall–Kier alpha value is -1.62. The van der Waals surface area contributed by atoms with E-state index in [0.717, 1.165) is 57.1 Å². The third kappa shape index (κ3) is 3.97. The van der Waals surface area contributed by atoms with E-state index >= 15 is 0 Å². The van der Waals surface area contributed by atoms with Gasteiger partial charge in [-0.25, -0.2) is 4.39 Å². The van der Waals surface area contributed by atoms with Crippen LogP contribution < -0.4 is 5.32 Å². The molecule has 1 saturated carbocycles. The third-order valence-electron chi connectivity index (χ3n) is 5.88. The van der Waals surface area contributed by atoms with Crippen LogP contribution in [-0.4, -0.2) is 61.6 Å². The second-order valence-electron chi connectivity index (χ2n) is 7.30. The number of benzene rings is 1.